The molecule has 0 amide bonds. The molecule has 1 aromatic rings. The Kier molecular flexibility index (Phi) is 4.33. The Bertz CT molecular complexity index is 518. The van der Waals surface area contributed by atoms with E-state index in [-0.39, 0.29) is 5.54 Å². The molecule has 4 nitrogen and oxygen atoms in total. The first-order valence-electron chi connectivity index (χ1n) is 8.29. The molecule has 0 aliphatic carbocycles. The van der Waals surface area contributed by atoms with Gasteiger partial charge in [0, 0.05) is 26.2 Å². The summed E-state index contributed by atoms with van der Waals surface area (Å²) in [6.45, 7) is 12.8. The third-order valence-corrected chi connectivity index (χ3v) is 5.08. The molecule has 2 aliphatic rings. The second kappa shape index (κ2) is 6.09. The van der Waals surface area contributed by atoms with E-state index in [0.29, 0.717) is 5.92 Å². The Labute approximate surface area is 134 Å². The number of ether oxygens (including phenoxy) is 2. The van der Waals surface area contributed by atoms with Gasteiger partial charge in [-0.05, 0) is 30.5 Å². The van der Waals surface area contributed by atoms with Crippen LogP contribution in [-0.4, -0.2) is 56.9 Å². The maximum atomic E-state index is 5.64. The molecule has 2 fully saturated rings. The van der Waals surface area contributed by atoms with E-state index in [1.54, 1.807) is 7.11 Å². The van der Waals surface area contributed by atoms with Crippen LogP contribution in [0.3, 0.4) is 0 Å². The molecule has 0 N–H and O–H groups in total. The van der Waals surface area contributed by atoms with Gasteiger partial charge in [0.15, 0.2) is 0 Å². The van der Waals surface area contributed by atoms with Crippen LogP contribution < -0.4 is 9.64 Å². The van der Waals surface area contributed by atoms with Gasteiger partial charge in [0.2, 0.25) is 0 Å². The molecule has 0 bridgehead atoms. The lowest BCUT2D eigenvalue weighted by molar-refractivity contribution is -0.131. The van der Waals surface area contributed by atoms with Crippen LogP contribution in [0.4, 0.5) is 5.69 Å². The summed E-state index contributed by atoms with van der Waals surface area (Å²) >= 11 is 0. The predicted octanol–water partition coefficient (Wildman–Crippen LogP) is 2.73. The van der Waals surface area contributed by atoms with Crippen LogP contribution in [0.15, 0.2) is 18.2 Å². The lowest BCUT2D eigenvalue weighted by Gasteiger charge is -2.50. The average Bonchev–Trinajstić information content (AvgIpc) is 2.52. The van der Waals surface area contributed by atoms with Crippen molar-refractivity contribution in [3.8, 4) is 5.75 Å². The maximum Gasteiger partial charge on any atom is 0.142 e. The summed E-state index contributed by atoms with van der Waals surface area (Å²) in [5, 5.41) is 0. The zero-order valence-corrected chi connectivity index (χ0v) is 14.3. The van der Waals surface area contributed by atoms with Crippen molar-refractivity contribution in [3.63, 3.8) is 0 Å². The van der Waals surface area contributed by atoms with Crippen LogP contribution in [-0.2, 0) is 4.74 Å². The number of methoxy groups -OCH3 is 1. The molecule has 1 aromatic carbocycles. The van der Waals surface area contributed by atoms with E-state index in [9.17, 15) is 0 Å². The van der Waals surface area contributed by atoms with Crippen molar-refractivity contribution < 1.29 is 9.47 Å². The van der Waals surface area contributed by atoms with Crippen LogP contribution in [0.5, 0.6) is 5.75 Å². The minimum absolute atomic E-state index is 0.262. The molecule has 2 saturated heterocycles. The van der Waals surface area contributed by atoms with Gasteiger partial charge in [0.05, 0.1) is 31.5 Å². The first-order chi connectivity index (χ1) is 10.5. The number of hydrogen-bond donors (Lipinski definition) is 0. The third-order valence-electron chi connectivity index (χ3n) is 5.08. The summed E-state index contributed by atoms with van der Waals surface area (Å²) in [6.07, 6.45) is 0. The van der Waals surface area contributed by atoms with Crippen LogP contribution in [0.25, 0.3) is 0 Å². The van der Waals surface area contributed by atoms with E-state index < -0.39 is 0 Å². The summed E-state index contributed by atoms with van der Waals surface area (Å²) < 4.78 is 11.0. The Morgan fingerprint density at radius 1 is 1.14 bits per heavy atom. The van der Waals surface area contributed by atoms with Crippen molar-refractivity contribution in [2.75, 3.05) is 51.4 Å². The second-order valence-corrected chi connectivity index (χ2v) is 7.05. The van der Waals surface area contributed by atoms with Crippen molar-refractivity contribution in [2.24, 2.45) is 0 Å². The quantitative estimate of drug-likeness (QED) is 0.854. The maximum absolute atomic E-state index is 5.64. The van der Waals surface area contributed by atoms with Gasteiger partial charge in [0.25, 0.3) is 0 Å². The molecule has 0 unspecified atom stereocenters. The molecule has 0 spiro atoms. The molecule has 0 radical (unpaired) electrons. The molecule has 2 aliphatic heterocycles. The fourth-order valence-electron chi connectivity index (χ4n) is 3.38. The number of rotatable bonds is 4. The molecule has 4 heteroatoms. The normalized spacial score (nSPS) is 21.8. The van der Waals surface area contributed by atoms with Crippen molar-refractivity contribution in [3.05, 3.63) is 23.8 Å². The van der Waals surface area contributed by atoms with Crippen LogP contribution in [0.1, 0.15) is 32.3 Å². The summed E-state index contributed by atoms with van der Waals surface area (Å²) in [6, 6.07) is 6.64. The molecule has 122 valence electrons. The highest BCUT2D eigenvalue weighted by Gasteiger charge is 2.40. The summed E-state index contributed by atoms with van der Waals surface area (Å²) in [4.78, 5) is 5.02. The molecular formula is C18H28N2O2. The van der Waals surface area contributed by atoms with Crippen LogP contribution in [0.2, 0.25) is 0 Å². The van der Waals surface area contributed by atoms with Gasteiger partial charge >= 0.3 is 0 Å². The van der Waals surface area contributed by atoms with Gasteiger partial charge in [0.1, 0.15) is 5.75 Å². The number of piperazine rings is 1. The lowest BCUT2D eigenvalue weighted by Crippen LogP contribution is -2.64. The highest BCUT2D eigenvalue weighted by atomic mass is 16.5. The first kappa shape index (κ1) is 15.6. The minimum Gasteiger partial charge on any atom is -0.495 e. The van der Waals surface area contributed by atoms with E-state index in [0.717, 1.165) is 45.1 Å². The van der Waals surface area contributed by atoms with Gasteiger partial charge in [-0.3, -0.25) is 4.90 Å². The van der Waals surface area contributed by atoms with E-state index >= 15 is 0 Å². The van der Waals surface area contributed by atoms with E-state index in [1.165, 1.54) is 11.3 Å². The standard InChI is InChI=1S/C18H28N2O2/c1-14(2)15-5-6-16(17(11-15)21-4)19-7-9-20(10-8-19)18(3)12-22-13-18/h5-6,11,14H,7-10,12-13H2,1-4H3. The monoisotopic (exact) mass is 304 g/mol. The van der Waals surface area contributed by atoms with Crippen LogP contribution >= 0.6 is 0 Å². The molecule has 22 heavy (non-hydrogen) atoms. The average molecular weight is 304 g/mol. The Morgan fingerprint density at radius 2 is 1.82 bits per heavy atom. The SMILES string of the molecule is COc1cc(C(C)C)ccc1N1CCN(C2(C)COC2)CC1. The minimum atomic E-state index is 0.262. The fourth-order valence-corrected chi connectivity index (χ4v) is 3.38. The van der Waals surface area contributed by atoms with E-state index in [1.807, 2.05) is 0 Å². The zero-order valence-electron chi connectivity index (χ0n) is 14.3. The highest BCUT2D eigenvalue weighted by Crippen LogP contribution is 2.33. The number of hydrogen-bond acceptors (Lipinski definition) is 4. The Balaban J connectivity index is 1.70. The largest absolute Gasteiger partial charge is 0.495 e. The molecule has 0 atom stereocenters. The van der Waals surface area contributed by atoms with Gasteiger partial charge < -0.3 is 14.4 Å². The summed E-state index contributed by atoms with van der Waals surface area (Å²) in [7, 11) is 1.77. The van der Waals surface area contributed by atoms with Gasteiger partial charge in [-0.1, -0.05) is 19.9 Å². The van der Waals surface area contributed by atoms with E-state index in [4.69, 9.17) is 9.47 Å². The Hall–Kier alpha value is -1.26. The van der Waals surface area contributed by atoms with Gasteiger partial charge in [-0.15, -0.1) is 0 Å². The molecular weight excluding hydrogens is 276 g/mol. The first-order valence-corrected chi connectivity index (χ1v) is 8.29. The van der Waals surface area contributed by atoms with Gasteiger partial charge in [-0.2, -0.15) is 0 Å². The summed E-state index contributed by atoms with van der Waals surface area (Å²) in [5.41, 5.74) is 2.82. The Morgan fingerprint density at radius 3 is 2.32 bits per heavy atom. The lowest BCUT2D eigenvalue weighted by atomic mass is 9.96. The van der Waals surface area contributed by atoms with E-state index in [2.05, 4.69) is 48.8 Å². The van der Waals surface area contributed by atoms with Crippen molar-refractivity contribution in [1.29, 1.82) is 0 Å². The number of anilines is 1. The van der Waals surface area contributed by atoms with Crippen molar-refractivity contribution >= 4 is 5.69 Å². The highest BCUT2D eigenvalue weighted by molar-refractivity contribution is 5.60. The smallest absolute Gasteiger partial charge is 0.142 e. The molecule has 3 rings (SSSR count). The fraction of sp³-hybridized carbons (Fsp3) is 0.667. The van der Waals surface area contributed by atoms with Gasteiger partial charge in [-0.25, -0.2) is 0 Å². The topological polar surface area (TPSA) is 24.9 Å². The molecule has 0 saturated carbocycles. The van der Waals surface area contributed by atoms with Crippen LogP contribution in [0, 0.1) is 0 Å². The van der Waals surface area contributed by atoms with Crippen molar-refractivity contribution in [1.82, 2.24) is 4.90 Å². The van der Waals surface area contributed by atoms with Crippen molar-refractivity contribution in [2.45, 2.75) is 32.2 Å². The second-order valence-electron chi connectivity index (χ2n) is 7.05. The zero-order chi connectivity index (χ0) is 15.7. The number of benzene rings is 1. The predicted molar refractivity (Wildman–Crippen MR) is 90.1 cm³/mol. The molecule has 0 aromatic heterocycles. The number of nitrogens with zero attached hydrogens (tertiary/aromatic N) is 2. The third kappa shape index (κ3) is 2.82. The molecule has 2 heterocycles. The summed E-state index contributed by atoms with van der Waals surface area (Å²) in [5.74, 6) is 1.52.